The lowest BCUT2D eigenvalue weighted by molar-refractivity contribution is -0.384. The zero-order valence-corrected chi connectivity index (χ0v) is 22.9. The van der Waals surface area contributed by atoms with Crippen molar-refractivity contribution in [3.05, 3.63) is 58.3 Å². The second kappa shape index (κ2) is 11.6. The van der Waals surface area contributed by atoms with E-state index in [2.05, 4.69) is 15.4 Å². The lowest BCUT2D eigenvalue weighted by Gasteiger charge is -2.43. The molecule has 1 amide bonds. The quantitative estimate of drug-likeness (QED) is 0.268. The molecule has 0 radical (unpaired) electrons. The molecule has 1 aliphatic carbocycles. The number of rotatable bonds is 7. The number of nitro groups is 1. The number of nitro benzene ring substituents is 1. The molecule has 42 heavy (non-hydrogen) atoms. The number of aromatic nitrogens is 1. The largest absolute Gasteiger partial charge is 0.508 e. The van der Waals surface area contributed by atoms with Crippen LogP contribution < -0.4 is 10.1 Å². The Bertz CT molecular complexity index is 1430. The van der Waals surface area contributed by atoms with Crippen molar-refractivity contribution >= 4 is 11.6 Å². The first-order valence-electron chi connectivity index (χ1n) is 14.1. The summed E-state index contributed by atoms with van der Waals surface area (Å²) in [5.41, 5.74) is -0.0154. The lowest BCUT2D eigenvalue weighted by Crippen LogP contribution is -2.50. The fourth-order valence-electron chi connectivity index (χ4n) is 6.04. The van der Waals surface area contributed by atoms with Crippen molar-refractivity contribution in [1.29, 1.82) is 0 Å². The summed E-state index contributed by atoms with van der Waals surface area (Å²) >= 11 is 0. The van der Waals surface area contributed by atoms with Crippen LogP contribution in [0.4, 0.5) is 5.69 Å². The van der Waals surface area contributed by atoms with Crippen LogP contribution in [0, 0.1) is 10.1 Å². The van der Waals surface area contributed by atoms with Gasteiger partial charge in [-0.3, -0.25) is 14.9 Å². The van der Waals surface area contributed by atoms with E-state index in [0.717, 1.165) is 57.7 Å². The van der Waals surface area contributed by atoms with Crippen LogP contribution in [0.5, 0.6) is 23.0 Å². The van der Waals surface area contributed by atoms with Gasteiger partial charge in [-0.15, -0.1) is 0 Å². The zero-order valence-electron chi connectivity index (χ0n) is 22.9. The predicted molar refractivity (Wildman–Crippen MR) is 147 cm³/mol. The Morgan fingerprint density at radius 2 is 1.74 bits per heavy atom. The highest BCUT2D eigenvalue weighted by molar-refractivity contribution is 5.93. The molecule has 222 valence electrons. The number of piperidine rings is 1. The summed E-state index contributed by atoms with van der Waals surface area (Å²) in [5.74, 6) is -1.11. The average molecular weight is 581 g/mol. The topological polar surface area (TPSA) is 170 Å². The summed E-state index contributed by atoms with van der Waals surface area (Å²) in [7, 11) is 0. The van der Waals surface area contributed by atoms with Crippen molar-refractivity contribution in [3.63, 3.8) is 0 Å². The molecule has 1 aromatic heterocycles. The van der Waals surface area contributed by atoms with Gasteiger partial charge in [0.05, 0.1) is 18.1 Å². The molecule has 6 rings (SSSR count). The number of carbonyl (C=O) groups excluding carboxylic acids is 1. The van der Waals surface area contributed by atoms with Crippen LogP contribution in [-0.4, -0.2) is 75.3 Å². The number of aromatic hydroxyl groups is 2. The number of phenolic OH excluding ortho intramolecular Hbond substituents is 2. The predicted octanol–water partition coefficient (Wildman–Crippen LogP) is 4.33. The molecule has 0 bridgehead atoms. The van der Waals surface area contributed by atoms with Crippen LogP contribution in [0.25, 0.3) is 11.3 Å². The second-order valence-electron chi connectivity index (χ2n) is 10.9. The van der Waals surface area contributed by atoms with Gasteiger partial charge in [0.25, 0.3) is 11.6 Å². The number of non-ortho nitro benzene ring substituents is 1. The van der Waals surface area contributed by atoms with Crippen molar-refractivity contribution < 1.29 is 38.7 Å². The summed E-state index contributed by atoms with van der Waals surface area (Å²) < 4.78 is 22.9. The van der Waals surface area contributed by atoms with Gasteiger partial charge in [-0.05, 0) is 37.8 Å². The maximum Gasteiger partial charge on any atom is 0.273 e. The van der Waals surface area contributed by atoms with E-state index in [9.17, 15) is 25.1 Å². The maximum absolute atomic E-state index is 13.0. The Labute approximate surface area is 241 Å². The minimum absolute atomic E-state index is 0.00608. The molecule has 2 aliphatic heterocycles. The van der Waals surface area contributed by atoms with E-state index in [1.54, 1.807) is 0 Å². The monoisotopic (exact) mass is 580 g/mol. The molecule has 1 spiro atoms. The molecule has 3 fully saturated rings. The Kier molecular flexibility index (Phi) is 7.71. The molecule has 13 heteroatoms. The number of carbonyl (C=O) groups is 1. The molecule has 1 saturated carbocycles. The third-order valence-corrected chi connectivity index (χ3v) is 8.24. The van der Waals surface area contributed by atoms with E-state index in [1.165, 1.54) is 36.4 Å². The van der Waals surface area contributed by atoms with Gasteiger partial charge in [0.15, 0.2) is 17.2 Å². The SMILES string of the molecule is O=C(NC1CCN(C2CCC3(CC2)OCCO3)CC1)c1cc(-c2c(O)cc(O)cc2Oc2ccc([N+](=O)[O-])cc2)on1. The van der Waals surface area contributed by atoms with Crippen LogP contribution in [0.2, 0.25) is 0 Å². The summed E-state index contributed by atoms with van der Waals surface area (Å²) in [6.07, 6.45) is 5.55. The van der Waals surface area contributed by atoms with Crippen LogP contribution >= 0.6 is 0 Å². The first-order valence-corrected chi connectivity index (χ1v) is 14.1. The Morgan fingerprint density at radius 3 is 2.40 bits per heavy atom. The highest BCUT2D eigenvalue weighted by Crippen LogP contribution is 2.43. The number of amides is 1. The molecule has 0 unspecified atom stereocenters. The van der Waals surface area contributed by atoms with Gasteiger partial charge in [-0.2, -0.15) is 0 Å². The van der Waals surface area contributed by atoms with Gasteiger partial charge in [0.2, 0.25) is 0 Å². The second-order valence-corrected chi connectivity index (χ2v) is 10.9. The molecule has 3 aromatic rings. The minimum atomic E-state index is -0.535. The summed E-state index contributed by atoms with van der Waals surface area (Å²) in [6.45, 7) is 3.13. The van der Waals surface area contributed by atoms with Gasteiger partial charge in [0.1, 0.15) is 28.6 Å². The molecular weight excluding hydrogens is 548 g/mol. The molecule has 3 N–H and O–H groups in total. The zero-order chi connectivity index (χ0) is 29.3. The lowest BCUT2D eigenvalue weighted by atomic mass is 9.88. The summed E-state index contributed by atoms with van der Waals surface area (Å²) in [4.78, 5) is 25.9. The highest BCUT2D eigenvalue weighted by Gasteiger charge is 2.42. The Hall–Kier alpha value is -4.20. The molecular formula is C29H32N4O9. The Morgan fingerprint density at radius 1 is 1.05 bits per heavy atom. The number of nitrogens with zero attached hydrogens (tertiary/aromatic N) is 3. The number of ether oxygens (including phenoxy) is 3. The van der Waals surface area contributed by atoms with Gasteiger partial charge in [-0.1, -0.05) is 5.16 Å². The van der Waals surface area contributed by atoms with Crippen LogP contribution in [-0.2, 0) is 9.47 Å². The van der Waals surface area contributed by atoms with E-state index in [0.29, 0.717) is 19.3 Å². The fraction of sp³-hybridized carbons (Fsp3) is 0.448. The van der Waals surface area contributed by atoms with Crippen LogP contribution in [0.3, 0.4) is 0 Å². The van der Waals surface area contributed by atoms with Gasteiger partial charge in [-0.25, -0.2) is 0 Å². The van der Waals surface area contributed by atoms with Crippen molar-refractivity contribution in [2.45, 2.75) is 56.4 Å². The van der Waals surface area contributed by atoms with Crippen molar-refractivity contribution in [1.82, 2.24) is 15.4 Å². The van der Waals surface area contributed by atoms with E-state index < -0.39 is 10.8 Å². The minimum Gasteiger partial charge on any atom is -0.508 e. The van der Waals surface area contributed by atoms with Gasteiger partial charge < -0.3 is 39.2 Å². The number of hydrogen-bond acceptors (Lipinski definition) is 11. The van der Waals surface area contributed by atoms with Crippen molar-refractivity contribution in [2.24, 2.45) is 0 Å². The number of nitrogens with one attached hydrogen (secondary N) is 1. The third-order valence-electron chi connectivity index (χ3n) is 8.24. The smallest absolute Gasteiger partial charge is 0.273 e. The molecule has 2 aromatic carbocycles. The maximum atomic E-state index is 13.0. The first-order chi connectivity index (χ1) is 20.3. The number of phenols is 2. The van der Waals surface area contributed by atoms with Crippen molar-refractivity contribution in [3.8, 4) is 34.3 Å². The highest BCUT2D eigenvalue weighted by atomic mass is 16.7. The fourth-order valence-corrected chi connectivity index (χ4v) is 6.04. The van der Waals surface area contributed by atoms with E-state index in [4.69, 9.17) is 18.7 Å². The standard InChI is InChI=1S/C29H32N4O9/c34-21-15-24(35)27(25(16-21)41-22-3-1-20(2-4-22)33(37)38)26-17-23(31-42-26)28(36)30-18-7-11-32(12-8-18)19-5-9-29(10-6-19)39-13-14-40-29/h1-4,15-19,34-35H,5-14H2,(H,30,36). The normalized spacial score (nSPS) is 19.6. The third kappa shape index (κ3) is 5.89. The van der Waals surface area contributed by atoms with Crippen LogP contribution in [0.1, 0.15) is 49.0 Å². The first kappa shape index (κ1) is 27.9. The molecule has 0 atom stereocenters. The molecule has 2 saturated heterocycles. The number of likely N-dealkylation sites (tertiary alicyclic amines) is 1. The number of benzene rings is 2. The van der Waals surface area contributed by atoms with Crippen molar-refractivity contribution in [2.75, 3.05) is 26.3 Å². The Balaban J connectivity index is 1.07. The summed E-state index contributed by atoms with van der Waals surface area (Å²) in [6, 6.07) is 9.55. The van der Waals surface area contributed by atoms with E-state index >= 15 is 0 Å². The summed E-state index contributed by atoms with van der Waals surface area (Å²) in [5, 5.41) is 38.5. The average Bonchev–Trinajstić information content (AvgIpc) is 3.65. The van der Waals surface area contributed by atoms with Crippen LogP contribution in [0.15, 0.2) is 47.0 Å². The molecule has 13 nitrogen and oxygen atoms in total. The van der Waals surface area contributed by atoms with Gasteiger partial charge in [0, 0.05) is 68.3 Å². The molecule has 3 aliphatic rings. The molecule has 3 heterocycles. The van der Waals surface area contributed by atoms with E-state index in [-0.39, 0.29) is 57.5 Å². The van der Waals surface area contributed by atoms with E-state index in [1.807, 2.05) is 0 Å². The van der Waals surface area contributed by atoms with Gasteiger partial charge >= 0.3 is 0 Å². The number of hydrogen-bond donors (Lipinski definition) is 3.